The zero-order valence-corrected chi connectivity index (χ0v) is 32.0. The van der Waals surface area contributed by atoms with E-state index in [9.17, 15) is 0 Å². The van der Waals surface area contributed by atoms with Gasteiger partial charge in [0.05, 0.1) is 5.69 Å². The van der Waals surface area contributed by atoms with Gasteiger partial charge in [0.15, 0.2) is 0 Å². The fourth-order valence-electron chi connectivity index (χ4n) is 10.9. The highest BCUT2D eigenvalue weighted by atomic mass is 32.1. The lowest BCUT2D eigenvalue weighted by molar-refractivity contribution is 0.0973. The van der Waals surface area contributed by atoms with Gasteiger partial charge in [-0.2, -0.15) is 0 Å². The van der Waals surface area contributed by atoms with E-state index < -0.39 is 0 Å². The summed E-state index contributed by atoms with van der Waals surface area (Å²) >= 11 is 1.90. The first-order valence-corrected chi connectivity index (χ1v) is 21.2. The van der Waals surface area contributed by atoms with Crippen molar-refractivity contribution in [1.82, 2.24) is 0 Å². The lowest BCUT2D eigenvalue weighted by Crippen LogP contribution is -2.32. The largest absolute Gasteiger partial charge is 0.310 e. The van der Waals surface area contributed by atoms with E-state index in [1.165, 1.54) is 120 Å². The molecule has 268 valence electrons. The summed E-state index contributed by atoms with van der Waals surface area (Å²) in [7, 11) is 0. The molecule has 0 amide bonds. The summed E-state index contributed by atoms with van der Waals surface area (Å²) in [4.78, 5) is 2.52. The monoisotopic (exact) mass is 727 g/mol. The van der Waals surface area contributed by atoms with Crippen molar-refractivity contribution in [1.29, 1.82) is 0 Å². The topological polar surface area (TPSA) is 3.24 Å². The Balaban J connectivity index is 1.07. The van der Waals surface area contributed by atoms with E-state index in [4.69, 9.17) is 0 Å². The lowest BCUT2D eigenvalue weighted by Gasteiger charge is -2.42. The first kappa shape index (κ1) is 32.9. The number of thiophene rings is 1. The highest BCUT2D eigenvalue weighted by molar-refractivity contribution is 7.26. The normalized spacial score (nSPS) is 20.2. The zero-order chi connectivity index (χ0) is 36.3. The van der Waals surface area contributed by atoms with Crippen molar-refractivity contribution in [3.63, 3.8) is 0 Å². The minimum Gasteiger partial charge on any atom is -0.310 e. The zero-order valence-electron chi connectivity index (χ0n) is 31.2. The van der Waals surface area contributed by atoms with Crippen LogP contribution >= 0.6 is 11.3 Å². The molecular formula is C53H45NS. The molecule has 0 saturated heterocycles. The van der Waals surface area contributed by atoms with E-state index in [1.807, 2.05) is 11.3 Å². The van der Waals surface area contributed by atoms with Crippen LogP contribution in [0.25, 0.3) is 53.6 Å². The van der Waals surface area contributed by atoms with Crippen LogP contribution in [0.2, 0.25) is 0 Å². The van der Waals surface area contributed by atoms with Crippen LogP contribution in [-0.2, 0) is 12.8 Å². The molecule has 4 aliphatic carbocycles. The van der Waals surface area contributed by atoms with E-state index in [0.717, 1.165) is 30.1 Å². The molecule has 2 unspecified atom stereocenters. The average molecular weight is 728 g/mol. The number of rotatable bonds is 5. The van der Waals surface area contributed by atoms with Crippen molar-refractivity contribution < 1.29 is 0 Å². The summed E-state index contributed by atoms with van der Waals surface area (Å²) < 4.78 is 2.70. The van der Waals surface area contributed by atoms with E-state index in [2.05, 4.69) is 169 Å². The van der Waals surface area contributed by atoms with Gasteiger partial charge in [-0.25, -0.2) is 0 Å². The van der Waals surface area contributed by atoms with Gasteiger partial charge in [0.2, 0.25) is 0 Å². The predicted molar refractivity (Wildman–Crippen MR) is 235 cm³/mol. The Morgan fingerprint density at radius 2 is 0.982 bits per heavy atom. The number of nitrogens with zero attached hydrogens (tertiary/aromatic N) is 1. The summed E-state index contributed by atoms with van der Waals surface area (Å²) in [6, 6.07) is 61.5. The molecule has 2 fully saturated rings. The minimum atomic E-state index is 0.755. The number of anilines is 3. The third-order valence-corrected chi connectivity index (χ3v) is 14.3. The fourth-order valence-corrected chi connectivity index (χ4v) is 12.2. The molecule has 1 nitrogen and oxygen atoms in total. The smallest absolute Gasteiger partial charge is 0.0540 e. The third-order valence-electron chi connectivity index (χ3n) is 13.1. The maximum Gasteiger partial charge on any atom is 0.0540 e. The van der Waals surface area contributed by atoms with Crippen molar-refractivity contribution in [2.24, 2.45) is 23.7 Å². The Hall–Kier alpha value is -5.44. The molecule has 7 aromatic carbocycles. The van der Waals surface area contributed by atoms with Gasteiger partial charge in [0.1, 0.15) is 0 Å². The van der Waals surface area contributed by atoms with Crippen LogP contribution in [0.3, 0.4) is 0 Å². The standard InChI is InChI=1S/C53H45NS/c1-2-11-39(12-3-1)47-15-6-8-19-51(47)54(43-23-21-40(22-24-43)48-17-10-18-50-49-16-7-9-20-52(49)55-53(48)50)44-25-26-46-42(34-44)33-38-30-35-27-36(31-38)29-37(28-35)32-41-13-4-5-14-45(41)46/h1-26,34-38H,27-33H2. The molecule has 0 radical (unpaired) electrons. The molecule has 12 rings (SSSR count). The fraction of sp³-hybridized carbons (Fsp3) is 0.208. The molecule has 0 spiro atoms. The molecule has 0 aliphatic heterocycles. The molecule has 2 atom stereocenters. The highest BCUT2D eigenvalue weighted by Gasteiger charge is 2.37. The van der Waals surface area contributed by atoms with Crippen LogP contribution in [0, 0.1) is 23.7 Å². The SMILES string of the molecule is c1ccc(-c2ccccc2N(c2ccc(-c3cccc4c3sc3ccccc34)cc2)c2ccc3c(c2)CC2CC4CC(Cc5ccccc5-3)CC(C2)C4)cc1. The van der Waals surface area contributed by atoms with E-state index in [-0.39, 0.29) is 0 Å². The summed E-state index contributed by atoms with van der Waals surface area (Å²) in [6.45, 7) is 0. The van der Waals surface area contributed by atoms with Gasteiger partial charge < -0.3 is 4.90 Å². The van der Waals surface area contributed by atoms with Gasteiger partial charge in [0.25, 0.3) is 0 Å². The van der Waals surface area contributed by atoms with Gasteiger partial charge >= 0.3 is 0 Å². The summed E-state index contributed by atoms with van der Waals surface area (Å²) in [5.74, 6) is 3.37. The van der Waals surface area contributed by atoms with E-state index >= 15 is 0 Å². The Kier molecular flexibility index (Phi) is 8.20. The van der Waals surface area contributed by atoms with Crippen molar-refractivity contribution in [3.8, 4) is 33.4 Å². The molecule has 1 heterocycles. The molecule has 55 heavy (non-hydrogen) atoms. The van der Waals surface area contributed by atoms with Crippen molar-refractivity contribution in [3.05, 3.63) is 175 Å². The second-order valence-corrected chi connectivity index (χ2v) is 17.6. The molecule has 2 saturated carbocycles. The number of benzene rings is 7. The van der Waals surface area contributed by atoms with Gasteiger partial charge in [-0.15, -0.1) is 11.3 Å². The van der Waals surface area contributed by atoms with Crippen molar-refractivity contribution in [2.75, 3.05) is 4.90 Å². The van der Waals surface area contributed by atoms with Gasteiger partial charge in [-0.3, -0.25) is 0 Å². The second kappa shape index (κ2) is 13.7. The predicted octanol–water partition coefficient (Wildman–Crippen LogP) is 15.1. The maximum atomic E-state index is 2.56. The molecule has 1 aromatic heterocycles. The molecule has 0 N–H and O–H groups in total. The summed E-state index contributed by atoms with van der Waals surface area (Å²) in [6.07, 6.45) is 9.44. The van der Waals surface area contributed by atoms with Crippen LogP contribution in [0.4, 0.5) is 17.1 Å². The number of hydrogen-bond donors (Lipinski definition) is 0. The lowest BCUT2D eigenvalue weighted by atomic mass is 9.63. The van der Waals surface area contributed by atoms with Crippen LogP contribution in [-0.4, -0.2) is 0 Å². The highest BCUT2D eigenvalue weighted by Crippen LogP contribution is 2.50. The van der Waals surface area contributed by atoms with Crippen LogP contribution in [0.5, 0.6) is 0 Å². The molecule has 2 heteroatoms. The molecule has 4 bridgehead atoms. The number of fused-ring (bicyclic) bond motifs is 3. The summed E-state index contributed by atoms with van der Waals surface area (Å²) in [5.41, 5.74) is 14.5. The maximum absolute atomic E-state index is 2.56. The number of hydrogen-bond acceptors (Lipinski definition) is 2. The van der Waals surface area contributed by atoms with Gasteiger partial charge in [-0.05, 0) is 144 Å². The average Bonchev–Trinajstić information content (AvgIpc) is 3.60. The number of para-hydroxylation sites is 1. The summed E-state index contributed by atoms with van der Waals surface area (Å²) in [5, 5.41) is 2.68. The minimum absolute atomic E-state index is 0.755. The Bertz CT molecular complexity index is 2660. The Labute approximate surface area is 328 Å². The van der Waals surface area contributed by atoms with Crippen molar-refractivity contribution >= 4 is 48.6 Å². The molecule has 4 aliphatic rings. The first-order chi connectivity index (χ1) is 27.2. The van der Waals surface area contributed by atoms with Gasteiger partial charge in [-0.1, -0.05) is 127 Å². The van der Waals surface area contributed by atoms with E-state index in [1.54, 1.807) is 0 Å². The quantitative estimate of drug-likeness (QED) is 0.171. The molecular weight excluding hydrogens is 683 g/mol. The second-order valence-electron chi connectivity index (χ2n) is 16.6. The van der Waals surface area contributed by atoms with Crippen molar-refractivity contribution in [2.45, 2.75) is 44.9 Å². The first-order valence-electron chi connectivity index (χ1n) is 20.4. The Morgan fingerprint density at radius 1 is 0.400 bits per heavy atom. The van der Waals surface area contributed by atoms with Crippen LogP contribution < -0.4 is 4.90 Å². The molecule has 8 aromatic rings. The third kappa shape index (κ3) is 5.99. The van der Waals surface area contributed by atoms with E-state index in [0.29, 0.717) is 0 Å². The van der Waals surface area contributed by atoms with Crippen LogP contribution in [0.15, 0.2) is 164 Å². The Morgan fingerprint density at radius 3 is 1.80 bits per heavy atom. The van der Waals surface area contributed by atoms with Gasteiger partial charge in [0, 0.05) is 37.1 Å². The van der Waals surface area contributed by atoms with Crippen LogP contribution in [0.1, 0.15) is 43.2 Å².